The number of hydrogen-bond acceptors (Lipinski definition) is 4. The largest absolute Gasteiger partial charge is 0.486 e. The lowest BCUT2D eigenvalue weighted by Gasteiger charge is -2.29. The number of para-hydroxylation sites is 2. The van der Waals surface area contributed by atoms with Crippen LogP contribution in [0, 0.1) is 6.92 Å². The van der Waals surface area contributed by atoms with Crippen molar-refractivity contribution in [3.63, 3.8) is 0 Å². The number of carbonyl (C=O) groups is 1. The summed E-state index contributed by atoms with van der Waals surface area (Å²) in [4.78, 5) is 14.6. The Balaban J connectivity index is 1.48. The minimum absolute atomic E-state index is 0.117. The molecule has 0 spiro atoms. The van der Waals surface area contributed by atoms with Gasteiger partial charge in [-0.05, 0) is 37.3 Å². The van der Waals surface area contributed by atoms with Gasteiger partial charge >= 0.3 is 0 Å². The van der Waals surface area contributed by atoms with E-state index in [4.69, 9.17) is 21.1 Å². The lowest BCUT2D eigenvalue weighted by Crippen LogP contribution is -2.41. The van der Waals surface area contributed by atoms with Gasteiger partial charge < -0.3 is 14.4 Å². The molecule has 3 aromatic rings. The van der Waals surface area contributed by atoms with Crippen LogP contribution in [0.4, 0.5) is 0 Å². The lowest BCUT2D eigenvalue weighted by molar-refractivity contribution is 0.0520. The Morgan fingerprint density at radius 1 is 1.25 bits per heavy atom. The van der Waals surface area contributed by atoms with E-state index < -0.39 is 0 Å². The molecule has 4 rings (SSSR count). The van der Waals surface area contributed by atoms with Crippen molar-refractivity contribution in [3.05, 3.63) is 71.0 Å². The zero-order chi connectivity index (χ0) is 19.7. The van der Waals surface area contributed by atoms with Crippen molar-refractivity contribution in [2.75, 3.05) is 20.2 Å². The van der Waals surface area contributed by atoms with E-state index >= 15 is 0 Å². The average molecular weight is 398 g/mol. The fourth-order valence-corrected chi connectivity index (χ4v) is 3.42. The van der Waals surface area contributed by atoms with Crippen LogP contribution in [0.15, 0.2) is 54.7 Å². The average Bonchev–Trinajstić information content (AvgIpc) is 3.08. The Morgan fingerprint density at radius 2 is 2.04 bits per heavy atom. The Morgan fingerprint density at radius 3 is 2.82 bits per heavy atom. The summed E-state index contributed by atoms with van der Waals surface area (Å²) in [7, 11) is 1.75. The van der Waals surface area contributed by atoms with E-state index in [9.17, 15) is 4.79 Å². The summed E-state index contributed by atoms with van der Waals surface area (Å²) in [5.41, 5.74) is 2.11. The number of nitrogens with zero attached hydrogens (tertiary/aromatic N) is 3. The Hall–Kier alpha value is -2.99. The molecule has 144 valence electrons. The van der Waals surface area contributed by atoms with Crippen LogP contribution in [0.1, 0.15) is 16.1 Å². The fourth-order valence-electron chi connectivity index (χ4n) is 3.23. The summed E-state index contributed by atoms with van der Waals surface area (Å²) in [5, 5.41) is 4.98. The molecule has 0 fully saturated rings. The third-order valence-electron chi connectivity index (χ3n) is 4.68. The summed E-state index contributed by atoms with van der Waals surface area (Å²) in [6, 6.07) is 14.9. The lowest BCUT2D eigenvalue weighted by atomic mass is 10.2. The SMILES string of the molecule is Cc1c(C(=O)N(C)CC2COc3ccccc3O2)cnn1-c1cccc(Cl)c1. The van der Waals surface area contributed by atoms with Gasteiger partial charge in [-0.2, -0.15) is 5.10 Å². The van der Waals surface area contributed by atoms with Crippen molar-refractivity contribution in [1.82, 2.24) is 14.7 Å². The molecule has 2 aromatic carbocycles. The molecule has 6 nitrogen and oxygen atoms in total. The number of fused-ring (bicyclic) bond motifs is 1. The van der Waals surface area contributed by atoms with Crippen molar-refractivity contribution in [1.29, 1.82) is 0 Å². The van der Waals surface area contributed by atoms with Crippen LogP contribution < -0.4 is 9.47 Å². The minimum Gasteiger partial charge on any atom is -0.486 e. The van der Waals surface area contributed by atoms with Gasteiger partial charge in [0.25, 0.3) is 5.91 Å². The molecule has 1 aliphatic rings. The van der Waals surface area contributed by atoms with E-state index in [0.717, 1.165) is 17.1 Å². The van der Waals surface area contributed by atoms with Crippen LogP contribution in [0.5, 0.6) is 11.5 Å². The number of rotatable bonds is 4. The normalized spacial score (nSPS) is 15.3. The van der Waals surface area contributed by atoms with E-state index in [1.54, 1.807) is 28.9 Å². The molecule has 0 bridgehead atoms. The standard InChI is InChI=1S/C21H20ClN3O3/c1-14-18(11-23-25(14)16-7-5-6-15(22)10-16)21(26)24(2)12-17-13-27-19-8-3-4-9-20(19)28-17/h3-11,17H,12-13H2,1-2H3. The van der Waals surface area contributed by atoms with Crippen LogP contribution in [0.2, 0.25) is 5.02 Å². The van der Waals surface area contributed by atoms with E-state index in [1.807, 2.05) is 49.4 Å². The molecular formula is C21H20ClN3O3. The van der Waals surface area contributed by atoms with Crippen LogP contribution in [-0.4, -0.2) is 46.9 Å². The molecule has 0 saturated carbocycles. The van der Waals surface area contributed by atoms with E-state index in [2.05, 4.69) is 5.10 Å². The maximum absolute atomic E-state index is 12.9. The van der Waals surface area contributed by atoms with Gasteiger partial charge in [0.05, 0.1) is 29.7 Å². The predicted octanol–water partition coefficient (Wildman–Crippen LogP) is 3.75. The zero-order valence-corrected chi connectivity index (χ0v) is 16.4. The Bertz CT molecular complexity index is 1020. The molecule has 7 heteroatoms. The second-order valence-electron chi connectivity index (χ2n) is 6.72. The number of likely N-dealkylation sites (N-methyl/N-ethyl adjacent to an activating group) is 1. The summed E-state index contributed by atoms with van der Waals surface area (Å²) in [5.74, 6) is 1.31. The van der Waals surface area contributed by atoms with Gasteiger partial charge in [-0.1, -0.05) is 29.8 Å². The van der Waals surface area contributed by atoms with Gasteiger partial charge in [-0.3, -0.25) is 4.79 Å². The highest BCUT2D eigenvalue weighted by Crippen LogP contribution is 2.31. The van der Waals surface area contributed by atoms with Crippen LogP contribution in [-0.2, 0) is 0 Å². The predicted molar refractivity (Wildman–Crippen MR) is 107 cm³/mol. The van der Waals surface area contributed by atoms with Gasteiger partial charge in [0, 0.05) is 12.1 Å². The number of hydrogen-bond donors (Lipinski definition) is 0. The highest BCUT2D eigenvalue weighted by Gasteiger charge is 2.25. The molecular weight excluding hydrogens is 378 g/mol. The number of benzene rings is 2. The quantitative estimate of drug-likeness (QED) is 0.672. The number of aromatic nitrogens is 2. The van der Waals surface area contributed by atoms with Crippen molar-refractivity contribution in [3.8, 4) is 17.2 Å². The van der Waals surface area contributed by atoms with Gasteiger partial charge in [0.2, 0.25) is 0 Å². The highest BCUT2D eigenvalue weighted by molar-refractivity contribution is 6.30. The molecule has 1 atom stereocenters. The first kappa shape index (κ1) is 18.4. The van der Waals surface area contributed by atoms with Gasteiger partial charge in [-0.15, -0.1) is 0 Å². The first-order valence-corrected chi connectivity index (χ1v) is 9.35. The maximum atomic E-state index is 12.9. The second-order valence-corrected chi connectivity index (χ2v) is 7.16. The number of halogens is 1. The third kappa shape index (κ3) is 3.55. The van der Waals surface area contributed by atoms with E-state index in [-0.39, 0.29) is 12.0 Å². The molecule has 1 aliphatic heterocycles. The van der Waals surface area contributed by atoms with Gasteiger partial charge in [-0.25, -0.2) is 4.68 Å². The topological polar surface area (TPSA) is 56.6 Å². The van der Waals surface area contributed by atoms with Crippen LogP contribution in [0.3, 0.4) is 0 Å². The first-order valence-electron chi connectivity index (χ1n) is 8.97. The molecule has 28 heavy (non-hydrogen) atoms. The molecule has 0 aliphatic carbocycles. The monoisotopic (exact) mass is 397 g/mol. The van der Waals surface area contributed by atoms with Crippen molar-refractivity contribution in [2.24, 2.45) is 0 Å². The Labute approximate surface area is 168 Å². The third-order valence-corrected chi connectivity index (χ3v) is 4.92. The smallest absolute Gasteiger partial charge is 0.257 e. The summed E-state index contributed by atoms with van der Waals surface area (Å²) >= 11 is 6.07. The molecule has 2 heterocycles. The zero-order valence-electron chi connectivity index (χ0n) is 15.6. The van der Waals surface area contributed by atoms with Gasteiger partial charge in [0.1, 0.15) is 6.61 Å². The summed E-state index contributed by atoms with van der Waals surface area (Å²) in [6.07, 6.45) is 1.36. The first-order chi connectivity index (χ1) is 13.5. The van der Waals surface area contributed by atoms with Gasteiger partial charge in [0.15, 0.2) is 17.6 Å². The van der Waals surface area contributed by atoms with Crippen LogP contribution in [0.25, 0.3) is 5.69 Å². The second kappa shape index (κ2) is 7.56. The maximum Gasteiger partial charge on any atom is 0.257 e. The van der Waals surface area contributed by atoms with Crippen molar-refractivity contribution < 1.29 is 14.3 Å². The highest BCUT2D eigenvalue weighted by atomic mass is 35.5. The minimum atomic E-state index is -0.230. The number of ether oxygens (including phenoxy) is 2. The Kier molecular flexibility index (Phi) is 4.96. The van der Waals surface area contributed by atoms with Crippen molar-refractivity contribution in [2.45, 2.75) is 13.0 Å². The van der Waals surface area contributed by atoms with Crippen LogP contribution >= 0.6 is 11.6 Å². The van der Waals surface area contributed by atoms with Crippen molar-refractivity contribution >= 4 is 17.5 Å². The fraction of sp³-hybridized carbons (Fsp3) is 0.238. The molecule has 0 radical (unpaired) electrons. The molecule has 1 amide bonds. The van der Waals surface area contributed by atoms with E-state index in [1.165, 1.54) is 0 Å². The summed E-state index contributed by atoms with van der Waals surface area (Å²) < 4.78 is 13.4. The molecule has 0 N–H and O–H groups in total. The number of amides is 1. The summed E-state index contributed by atoms with van der Waals surface area (Å²) in [6.45, 7) is 2.68. The molecule has 1 aromatic heterocycles. The molecule has 0 saturated heterocycles. The van der Waals surface area contributed by atoms with E-state index in [0.29, 0.717) is 29.5 Å². The number of carbonyl (C=O) groups excluding carboxylic acids is 1. The molecule has 1 unspecified atom stereocenters.